The van der Waals surface area contributed by atoms with Crippen molar-refractivity contribution in [1.82, 2.24) is 4.90 Å². The van der Waals surface area contributed by atoms with Crippen molar-refractivity contribution in [1.29, 1.82) is 0 Å². The number of methoxy groups -OCH3 is 2. The van der Waals surface area contributed by atoms with E-state index in [4.69, 9.17) is 14.2 Å². The van der Waals surface area contributed by atoms with E-state index in [1.807, 2.05) is 55.5 Å². The zero-order valence-electron chi connectivity index (χ0n) is 15.9. The molecule has 2 rings (SSSR count). The molecule has 0 aliphatic carbocycles. The van der Waals surface area contributed by atoms with Gasteiger partial charge >= 0.3 is 0 Å². The molecule has 5 nitrogen and oxygen atoms in total. The highest BCUT2D eigenvalue weighted by Gasteiger charge is 2.15. The van der Waals surface area contributed by atoms with Crippen LogP contribution in [-0.2, 0) is 11.3 Å². The summed E-state index contributed by atoms with van der Waals surface area (Å²) in [6.07, 6.45) is -0.596. The van der Waals surface area contributed by atoms with Crippen LogP contribution in [0.4, 0.5) is 0 Å². The molecule has 142 valence electrons. The van der Waals surface area contributed by atoms with Crippen LogP contribution in [0.5, 0.6) is 11.5 Å². The third kappa shape index (κ3) is 6.33. The van der Waals surface area contributed by atoms with Gasteiger partial charge < -0.3 is 19.3 Å². The SMILES string of the molecule is COCCN(Cc1ccccc1OC)CC(O)COc1ccccc1C. The molecule has 2 aromatic carbocycles. The summed E-state index contributed by atoms with van der Waals surface area (Å²) in [7, 11) is 3.35. The number of aliphatic hydroxyl groups excluding tert-OH is 1. The molecule has 0 spiro atoms. The standard InChI is InChI=1S/C21H29NO4/c1-17-8-4-6-10-20(17)26-16-19(23)15-22(12-13-24-2)14-18-9-5-7-11-21(18)25-3/h4-11,19,23H,12-16H2,1-3H3. The number of aryl methyl sites for hydroxylation is 1. The number of rotatable bonds is 11. The fraction of sp³-hybridized carbons (Fsp3) is 0.429. The molecule has 0 bridgehead atoms. The van der Waals surface area contributed by atoms with Gasteiger partial charge in [-0.05, 0) is 24.6 Å². The molecule has 1 N–H and O–H groups in total. The van der Waals surface area contributed by atoms with Gasteiger partial charge in [0, 0.05) is 32.3 Å². The minimum Gasteiger partial charge on any atom is -0.496 e. The highest BCUT2D eigenvalue weighted by Crippen LogP contribution is 2.20. The Kier molecular flexibility index (Phi) is 8.41. The highest BCUT2D eigenvalue weighted by molar-refractivity contribution is 5.33. The van der Waals surface area contributed by atoms with Crippen molar-refractivity contribution in [2.75, 3.05) is 40.5 Å². The van der Waals surface area contributed by atoms with Crippen LogP contribution in [0.25, 0.3) is 0 Å². The van der Waals surface area contributed by atoms with Gasteiger partial charge in [-0.2, -0.15) is 0 Å². The number of aliphatic hydroxyl groups is 1. The van der Waals surface area contributed by atoms with Crippen LogP contribution in [0.1, 0.15) is 11.1 Å². The summed E-state index contributed by atoms with van der Waals surface area (Å²) in [5, 5.41) is 10.4. The molecule has 2 aromatic rings. The third-order valence-electron chi connectivity index (χ3n) is 4.19. The normalized spacial score (nSPS) is 12.2. The number of para-hydroxylation sites is 2. The largest absolute Gasteiger partial charge is 0.496 e. The molecule has 1 unspecified atom stereocenters. The van der Waals surface area contributed by atoms with Crippen LogP contribution in [-0.4, -0.2) is 56.6 Å². The van der Waals surface area contributed by atoms with Crippen LogP contribution in [0.3, 0.4) is 0 Å². The summed E-state index contributed by atoms with van der Waals surface area (Å²) < 4.78 is 16.4. The highest BCUT2D eigenvalue weighted by atomic mass is 16.5. The van der Waals surface area contributed by atoms with Gasteiger partial charge in [-0.15, -0.1) is 0 Å². The summed E-state index contributed by atoms with van der Waals surface area (Å²) in [6, 6.07) is 15.7. The molecule has 0 aliphatic rings. The van der Waals surface area contributed by atoms with Crippen molar-refractivity contribution in [3.63, 3.8) is 0 Å². The Bertz CT molecular complexity index is 662. The van der Waals surface area contributed by atoms with E-state index in [2.05, 4.69) is 4.90 Å². The van der Waals surface area contributed by atoms with E-state index in [-0.39, 0.29) is 6.61 Å². The number of hydrogen-bond donors (Lipinski definition) is 1. The molecule has 0 aromatic heterocycles. The second kappa shape index (κ2) is 10.8. The van der Waals surface area contributed by atoms with Crippen LogP contribution in [0.2, 0.25) is 0 Å². The molecule has 1 atom stereocenters. The summed E-state index contributed by atoms with van der Waals surface area (Å²) in [5.41, 5.74) is 2.14. The van der Waals surface area contributed by atoms with Crippen LogP contribution < -0.4 is 9.47 Å². The first kappa shape index (κ1) is 20.2. The molecular formula is C21H29NO4. The lowest BCUT2D eigenvalue weighted by Gasteiger charge is -2.25. The lowest BCUT2D eigenvalue weighted by atomic mass is 10.1. The van der Waals surface area contributed by atoms with E-state index in [1.165, 1.54) is 0 Å². The molecule has 0 aliphatic heterocycles. The van der Waals surface area contributed by atoms with Gasteiger partial charge in [0.1, 0.15) is 24.2 Å². The Balaban J connectivity index is 1.94. The average molecular weight is 359 g/mol. The van der Waals surface area contributed by atoms with Crippen molar-refractivity contribution in [2.24, 2.45) is 0 Å². The van der Waals surface area contributed by atoms with E-state index in [9.17, 15) is 5.11 Å². The monoisotopic (exact) mass is 359 g/mol. The molecular weight excluding hydrogens is 330 g/mol. The molecule has 0 fully saturated rings. The van der Waals surface area contributed by atoms with Gasteiger partial charge in [0.05, 0.1) is 13.7 Å². The zero-order valence-corrected chi connectivity index (χ0v) is 15.9. The Labute approximate surface area is 156 Å². The second-order valence-electron chi connectivity index (χ2n) is 6.27. The number of ether oxygens (including phenoxy) is 3. The van der Waals surface area contributed by atoms with E-state index >= 15 is 0 Å². The maximum atomic E-state index is 10.4. The maximum absolute atomic E-state index is 10.4. The molecule has 0 saturated heterocycles. The average Bonchev–Trinajstić information content (AvgIpc) is 2.66. The van der Waals surface area contributed by atoms with Gasteiger partial charge in [-0.25, -0.2) is 0 Å². The zero-order chi connectivity index (χ0) is 18.8. The van der Waals surface area contributed by atoms with Crippen LogP contribution in [0.15, 0.2) is 48.5 Å². The summed E-state index contributed by atoms with van der Waals surface area (Å²) in [4.78, 5) is 2.15. The predicted molar refractivity (Wildman–Crippen MR) is 103 cm³/mol. The molecule has 0 amide bonds. The number of nitrogens with zero attached hydrogens (tertiary/aromatic N) is 1. The van der Waals surface area contributed by atoms with Crippen molar-refractivity contribution in [3.05, 3.63) is 59.7 Å². The molecule has 0 saturated carbocycles. The minimum atomic E-state index is -0.596. The fourth-order valence-electron chi connectivity index (χ4n) is 2.78. The van der Waals surface area contributed by atoms with E-state index in [1.54, 1.807) is 14.2 Å². The van der Waals surface area contributed by atoms with Crippen molar-refractivity contribution < 1.29 is 19.3 Å². The molecule has 5 heteroatoms. The first-order valence-electron chi connectivity index (χ1n) is 8.83. The van der Waals surface area contributed by atoms with Gasteiger partial charge in [0.2, 0.25) is 0 Å². The molecule has 0 heterocycles. The predicted octanol–water partition coefficient (Wildman–Crippen LogP) is 2.89. The first-order chi connectivity index (χ1) is 12.6. The smallest absolute Gasteiger partial charge is 0.123 e. The Morgan fingerprint density at radius 1 is 1.00 bits per heavy atom. The topological polar surface area (TPSA) is 51.2 Å². The Morgan fingerprint density at radius 3 is 2.38 bits per heavy atom. The third-order valence-corrected chi connectivity index (χ3v) is 4.19. The Morgan fingerprint density at radius 2 is 1.69 bits per heavy atom. The quantitative estimate of drug-likeness (QED) is 0.669. The Hall–Kier alpha value is -2.08. The van der Waals surface area contributed by atoms with Crippen LogP contribution in [0, 0.1) is 6.92 Å². The van der Waals surface area contributed by atoms with Crippen molar-refractivity contribution in [2.45, 2.75) is 19.6 Å². The van der Waals surface area contributed by atoms with Gasteiger partial charge in [0.25, 0.3) is 0 Å². The van der Waals surface area contributed by atoms with Gasteiger partial charge in [0.15, 0.2) is 0 Å². The first-order valence-corrected chi connectivity index (χ1v) is 8.83. The minimum absolute atomic E-state index is 0.250. The van der Waals surface area contributed by atoms with Gasteiger partial charge in [-0.3, -0.25) is 4.90 Å². The second-order valence-corrected chi connectivity index (χ2v) is 6.27. The lowest BCUT2D eigenvalue weighted by Crippen LogP contribution is -2.37. The van der Waals surface area contributed by atoms with Gasteiger partial charge in [-0.1, -0.05) is 36.4 Å². The number of hydrogen-bond acceptors (Lipinski definition) is 5. The van der Waals surface area contributed by atoms with Crippen molar-refractivity contribution in [3.8, 4) is 11.5 Å². The number of benzene rings is 2. The molecule has 26 heavy (non-hydrogen) atoms. The van der Waals surface area contributed by atoms with E-state index < -0.39 is 6.10 Å². The van der Waals surface area contributed by atoms with Crippen LogP contribution >= 0.6 is 0 Å². The maximum Gasteiger partial charge on any atom is 0.123 e. The van der Waals surface area contributed by atoms with E-state index in [0.717, 1.165) is 29.2 Å². The fourth-order valence-corrected chi connectivity index (χ4v) is 2.78. The van der Waals surface area contributed by atoms with E-state index in [0.29, 0.717) is 19.7 Å². The summed E-state index contributed by atoms with van der Waals surface area (Å²) in [6.45, 7) is 4.73. The molecule has 0 radical (unpaired) electrons. The summed E-state index contributed by atoms with van der Waals surface area (Å²) in [5.74, 6) is 1.65. The summed E-state index contributed by atoms with van der Waals surface area (Å²) >= 11 is 0. The van der Waals surface area contributed by atoms with Crippen molar-refractivity contribution >= 4 is 0 Å². The lowest BCUT2D eigenvalue weighted by molar-refractivity contribution is 0.0537.